The lowest BCUT2D eigenvalue weighted by Crippen LogP contribution is -2.06. The minimum atomic E-state index is -1.02. The molecule has 174 valence electrons. The Morgan fingerprint density at radius 2 is 1.76 bits per heavy atom. The monoisotopic (exact) mass is 509 g/mol. The number of carboxylic acid groups (broad SMARTS) is 1. The molecule has 0 aliphatic heterocycles. The van der Waals surface area contributed by atoms with Crippen LogP contribution in [-0.2, 0) is 13.2 Å². The Balaban J connectivity index is 1.81. The predicted octanol–water partition coefficient (Wildman–Crippen LogP) is 6.94. The van der Waals surface area contributed by atoms with E-state index in [0.717, 1.165) is 11.1 Å². The van der Waals surface area contributed by atoms with Crippen LogP contribution < -0.4 is 19.5 Å². The number of hydrogen-bond donors (Lipinski definition) is 2. The van der Waals surface area contributed by atoms with Gasteiger partial charge in [-0.25, -0.2) is 4.79 Å². The number of hydrogen-bond acceptors (Lipinski definition) is 5. The lowest BCUT2D eigenvalue weighted by molar-refractivity contribution is 0.0697. The number of ether oxygens (including phenoxy) is 3. The van der Waals surface area contributed by atoms with E-state index in [2.05, 4.69) is 5.32 Å². The maximum atomic E-state index is 11.3. The van der Waals surface area contributed by atoms with Crippen molar-refractivity contribution >= 4 is 46.5 Å². The summed E-state index contributed by atoms with van der Waals surface area (Å²) in [5.41, 5.74) is 2.26. The van der Waals surface area contributed by atoms with E-state index in [-0.39, 0.29) is 12.2 Å². The van der Waals surface area contributed by atoms with Gasteiger partial charge in [0.1, 0.15) is 12.4 Å². The fraction of sp³-hybridized carbons (Fsp3) is 0.208. The summed E-state index contributed by atoms with van der Waals surface area (Å²) in [4.78, 5) is 11.3. The molecule has 3 rings (SSSR count). The molecule has 0 bridgehead atoms. The predicted molar refractivity (Wildman–Crippen MR) is 131 cm³/mol. The van der Waals surface area contributed by atoms with Gasteiger partial charge in [0, 0.05) is 22.2 Å². The molecule has 0 saturated heterocycles. The zero-order valence-corrected chi connectivity index (χ0v) is 20.2. The minimum absolute atomic E-state index is 0.149. The van der Waals surface area contributed by atoms with Gasteiger partial charge >= 0.3 is 5.97 Å². The van der Waals surface area contributed by atoms with Crippen LogP contribution in [-0.4, -0.2) is 24.8 Å². The summed E-state index contributed by atoms with van der Waals surface area (Å²) in [6.07, 6.45) is 0. The first-order valence-corrected chi connectivity index (χ1v) is 11.1. The number of anilines is 1. The second-order valence-corrected chi connectivity index (χ2v) is 8.19. The van der Waals surface area contributed by atoms with E-state index < -0.39 is 5.97 Å². The topological polar surface area (TPSA) is 77.0 Å². The normalized spacial score (nSPS) is 10.6. The number of halogens is 3. The standard InChI is InChI=1S/C24H22Cl3NO5/c1-3-32-22-9-14(12-28-20-10-15(24(29)30)5-7-21(20)31-2)8-19(27)23(22)33-13-16-4-6-17(25)11-18(16)26/h4-11,28H,3,12-13H2,1-2H3,(H,29,30). The van der Waals surface area contributed by atoms with Crippen LogP contribution >= 0.6 is 34.8 Å². The van der Waals surface area contributed by atoms with Crippen LogP contribution in [0.15, 0.2) is 48.5 Å². The summed E-state index contributed by atoms with van der Waals surface area (Å²) < 4.78 is 17.0. The van der Waals surface area contributed by atoms with Crippen molar-refractivity contribution in [3.8, 4) is 17.2 Å². The summed E-state index contributed by atoms with van der Waals surface area (Å²) in [6.45, 7) is 2.82. The van der Waals surface area contributed by atoms with Gasteiger partial charge in [-0.15, -0.1) is 0 Å². The molecule has 0 aromatic heterocycles. The number of carbonyl (C=O) groups is 1. The van der Waals surface area contributed by atoms with Crippen molar-refractivity contribution in [1.29, 1.82) is 0 Å². The first kappa shape index (κ1) is 24.8. The molecule has 3 aromatic rings. The average Bonchev–Trinajstić information content (AvgIpc) is 2.78. The smallest absolute Gasteiger partial charge is 0.335 e. The lowest BCUT2D eigenvalue weighted by Gasteiger charge is -2.17. The second kappa shape index (κ2) is 11.4. The SMILES string of the molecule is CCOc1cc(CNc2cc(C(=O)O)ccc2OC)cc(Cl)c1OCc1ccc(Cl)cc1Cl. The molecule has 2 N–H and O–H groups in total. The highest BCUT2D eigenvalue weighted by atomic mass is 35.5. The van der Waals surface area contributed by atoms with Crippen molar-refractivity contribution < 1.29 is 24.1 Å². The van der Waals surface area contributed by atoms with Gasteiger partial charge in [0.2, 0.25) is 0 Å². The van der Waals surface area contributed by atoms with Gasteiger partial charge in [-0.2, -0.15) is 0 Å². The summed E-state index contributed by atoms with van der Waals surface area (Å²) in [7, 11) is 1.52. The Morgan fingerprint density at radius 1 is 0.970 bits per heavy atom. The van der Waals surface area contributed by atoms with E-state index >= 15 is 0 Å². The number of aromatic carboxylic acids is 1. The zero-order chi connectivity index (χ0) is 24.0. The Morgan fingerprint density at radius 3 is 2.42 bits per heavy atom. The molecule has 0 aliphatic carbocycles. The summed E-state index contributed by atoms with van der Waals surface area (Å²) in [5.74, 6) is 0.387. The molecule has 33 heavy (non-hydrogen) atoms. The molecule has 3 aromatic carbocycles. The van der Waals surface area contributed by atoms with E-state index in [9.17, 15) is 9.90 Å². The largest absolute Gasteiger partial charge is 0.495 e. The fourth-order valence-electron chi connectivity index (χ4n) is 3.09. The van der Waals surface area contributed by atoms with Gasteiger partial charge in [-0.05, 0) is 55.0 Å². The first-order chi connectivity index (χ1) is 15.8. The Labute approximate surface area is 206 Å². The maximum Gasteiger partial charge on any atom is 0.335 e. The van der Waals surface area contributed by atoms with E-state index in [1.54, 1.807) is 30.3 Å². The highest BCUT2D eigenvalue weighted by Crippen LogP contribution is 2.38. The minimum Gasteiger partial charge on any atom is -0.495 e. The Kier molecular flexibility index (Phi) is 8.55. The molecule has 0 atom stereocenters. The van der Waals surface area contributed by atoms with Crippen molar-refractivity contribution in [1.82, 2.24) is 0 Å². The van der Waals surface area contributed by atoms with E-state index in [1.807, 2.05) is 13.0 Å². The molecule has 0 radical (unpaired) electrons. The number of methoxy groups -OCH3 is 1. The Hall–Kier alpha value is -2.80. The molecule has 0 heterocycles. The van der Waals surface area contributed by atoms with Crippen LogP contribution in [0.2, 0.25) is 15.1 Å². The molecular formula is C24H22Cl3NO5. The van der Waals surface area contributed by atoms with Crippen LogP contribution in [0.3, 0.4) is 0 Å². The molecule has 0 unspecified atom stereocenters. The maximum absolute atomic E-state index is 11.3. The number of nitrogens with one attached hydrogen (secondary N) is 1. The summed E-state index contributed by atoms with van der Waals surface area (Å²) >= 11 is 18.7. The first-order valence-electron chi connectivity index (χ1n) is 9.99. The number of carboxylic acids is 1. The molecule has 0 aliphatic rings. The highest BCUT2D eigenvalue weighted by molar-refractivity contribution is 6.35. The van der Waals surface area contributed by atoms with Gasteiger partial charge < -0.3 is 24.6 Å². The van der Waals surface area contributed by atoms with E-state index in [0.29, 0.717) is 51.2 Å². The third kappa shape index (κ3) is 6.38. The van der Waals surface area contributed by atoms with Crippen molar-refractivity contribution in [2.45, 2.75) is 20.1 Å². The van der Waals surface area contributed by atoms with Crippen LogP contribution in [0.25, 0.3) is 0 Å². The number of benzene rings is 3. The quantitative estimate of drug-likeness (QED) is 0.307. The molecule has 0 amide bonds. The van der Waals surface area contributed by atoms with Gasteiger partial charge in [0.15, 0.2) is 11.5 Å². The van der Waals surface area contributed by atoms with Crippen LogP contribution in [0.5, 0.6) is 17.2 Å². The third-order valence-corrected chi connectivity index (χ3v) is 5.55. The van der Waals surface area contributed by atoms with Crippen LogP contribution in [0.1, 0.15) is 28.4 Å². The Bertz CT molecular complexity index is 1150. The number of rotatable bonds is 10. The van der Waals surface area contributed by atoms with E-state index in [1.165, 1.54) is 19.2 Å². The molecule has 0 fully saturated rings. The highest BCUT2D eigenvalue weighted by Gasteiger charge is 2.15. The summed E-state index contributed by atoms with van der Waals surface area (Å²) in [5, 5.41) is 13.8. The fourth-order valence-corrected chi connectivity index (χ4v) is 3.84. The molecular weight excluding hydrogens is 489 g/mol. The van der Waals surface area contributed by atoms with Crippen molar-refractivity contribution in [2.24, 2.45) is 0 Å². The third-order valence-electron chi connectivity index (χ3n) is 4.69. The second-order valence-electron chi connectivity index (χ2n) is 6.94. The van der Waals surface area contributed by atoms with E-state index in [4.69, 9.17) is 49.0 Å². The summed E-state index contributed by atoms with van der Waals surface area (Å²) in [6, 6.07) is 13.3. The van der Waals surface area contributed by atoms with Gasteiger partial charge in [-0.1, -0.05) is 40.9 Å². The zero-order valence-electron chi connectivity index (χ0n) is 18.0. The van der Waals surface area contributed by atoms with Gasteiger partial charge in [0.05, 0.1) is 30.0 Å². The van der Waals surface area contributed by atoms with Gasteiger partial charge in [-0.3, -0.25) is 0 Å². The molecule has 0 saturated carbocycles. The molecule has 0 spiro atoms. The van der Waals surface area contributed by atoms with Gasteiger partial charge in [0.25, 0.3) is 0 Å². The van der Waals surface area contributed by atoms with Crippen LogP contribution in [0, 0.1) is 0 Å². The lowest BCUT2D eigenvalue weighted by atomic mass is 10.1. The van der Waals surface area contributed by atoms with Crippen LogP contribution in [0.4, 0.5) is 5.69 Å². The molecule has 9 heteroatoms. The van der Waals surface area contributed by atoms with Crippen molar-refractivity contribution in [2.75, 3.05) is 19.0 Å². The van der Waals surface area contributed by atoms with Crippen molar-refractivity contribution in [3.05, 3.63) is 80.3 Å². The van der Waals surface area contributed by atoms with Crippen molar-refractivity contribution in [3.63, 3.8) is 0 Å². The molecule has 6 nitrogen and oxygen atoms in total. The average molecular weight is 511 g/mol.